The number of hydrogen-bond donors (Lipinski definition) is 3. The normalized spacial score (nSPS) is 18.4. The number of phenols is 2. The highest BCUT2D eigenvalue weighted by Gasteiger charge is 2.13. The SMILES string of the molecule is CC(CN1CCCCC1)NCc1ccc(O)cc1O. The number of rotatable bonds is 5. The molecule has 0 aromatic heterocycles. The Morgan fingerprint density at radius 2 is 1.95 bits per heavy atom. The van der Waals surface area contributed by atoms with E-state index in [1.54, 1.807) is 12.1 Å². The Balaban J connectivity index is 1.77. The molecule has 1 unspecified atom stereocenters. The van der Waals surface area contributed by atoms with Crippen LogP contribution in [0.4, 0.5) is 0 Å². The molecule has 4 nitrogen and oxygen atoms in total. The van der Waals surface area contributed by atoms with E-state index in [4.69, 9.17) is 0 Å². The summed E-state index contributed by atoms with van der Waals surface area (Å²) >= 11 is 0. The molecular formula is C15H24N2O2. The third-order valence-corrected chi connectivity index (χ3v) is 3.69. The van der Waals surface area contributed by atoms with Crippen LogP contribution < -0.4 is 5.32 Å². The van der Waals surface area contributed by atoms with Crippen LogP contribution in [0.15, 0.2) is 18.2 Å². The predicted octanol–water partition coefficient (Wildman–Crippen LogP) is 2.06. The number of nitrogens with zero attached hydrogens (tertiary/aromatic N) is 1. The number of nitrogens with one attached hydrogen (secondary N) is 1. The fraction of sp³-hybridized carbons (Fsp3) is 0.600. The lowest BCUT2D eigenvalue weighted by molar-refractivity contribution is 0.208. The number of likely N-dealkylation sites (tertiary alicyclic amines) is 1. The fourth-order valence-electron chi connectivity index (χ4n) is 2.58. The largest absolute Gasteiger partial charge is 0.508 e. The minimum Gasteiger partial charge on any atom is -0.508 e. The number of benzene rings is 1. The van der Waals surface area contributed by atoms with Crippen molar-refractivity contribution >= 4 is 0 Å². The molecule has 1 aromatic rings. The van der Waals surface area contributed by atoms with Crippen molar-refractivity contribution in [3.05, 3.63) is 23.8 Å². The molecule has 2 rings (SSSR count). The number of hydrogen-bond acceptors (Lipinski definition) is 4. The molecule has 106 valence electrons. The number of aromatic hydroxyl groups is 2. The second-order valence-corrected chi connectivity index (χ2v) is 5.46. The van der Waals surface area contributed by atoms with E-state index in [0.717, 1.165) is 12.1 Å². The lowest BCUT2D eigenvalue weighted by Crippen LogP contribution is -2.41. The van der Waals surface area contributed by atoms with Crippen LogP contribution in [0.3, 0.4) is 0 Å². The Bertz CT molecular complexity index is 403. The van der Waals surface area contributed by atoms with Gasteiger partial charge in [0.15, 0.2) is 0 Å². The summed E-state index contributed by atoms with van der Waals surface area (Å²) in [6.45, 7) is 6.26. The summed E-state index contributed by atoms with van der Waals surface area (Å²) in [5, 5.41) is 22.4. The molecule has 0 bridgehead atoms. The van der Waals surface area contributed by atoms with Gasteiger partial charge in [-0.05, 0) is 38.9 Å². The van der Waals surface area contributed by atoms with Gasteiger partial charge < -0.3 is 20.4 Å². The summed E-state index contributed by atoms with van der Waals surface area (Å²) in [6, 6.07) is 5.13. The van der Waals surface area contributed by atoms with Gasteiger partial charge in [-0.15, -0.1) is 0 Å². The van der Waals surface area contributed by atoms with Crippen molar-refractivity contribution in [1.82, 2.24) is 10.2 Å². The maximum atomic E-state index is 9.72. The molecule has 1 fully saturated rings. The van der Waals surface area contributed by atoms with Crippen molar-refractivity contribution in [3.8, 4) is 11.5 Å². The van der Waals surface area contributed by atoms with E-state index in [1.165, 1.54) is 38.4 Å². The van der Waals surface area contributed by atoms with E-state index >= 15 is 0 Å². The molecule has 1 heterocycles. The van der Waals surface area contributed by atoms with Gasteiger partial charge in [0.1, 0.15) is 11.5 Å². The Kier molecular flexibility index (Phi) is 5.05. The topological polar surface area (TPSA) is 55.7 Å². The molecule has 0 saturated carbocycles. The summed E-state index contributed by atoms with van der Waals surface area (Å²) in [7, 11) is 0. The van der Waals surface area contributed by atoms with Crippen LogP contribution in [0, 0.1) is 0 Å². The Labute approximate surface area is 115 Å². The average molecular weight is 264 g/mol. The molecular weight excluding hydrogens is 240 g/mol. The Morgan fingerprint density at radius 3 is 2.63 bits per heavy atom. The van der Waals surface area contributed by atoms with E-state index in [2.05, 4.69) is 17.1 Å². The van der Waals surface area contributed by atoms with Gasteiger partial charge in [-0.25, -0.2) is 0 Å². The second-order valence-electron chi connectivity index (χ2n) is 5.46. The van der Waals surface area contributed by atoms with Gasteiger partial charge in [0.05, 0.1) is 0 Å². The van der Waals surface area contributed by atoms with Gasteiger partial charge in [-0.3, -0.25) is 0 Å². The minimum absolute atomic E-state index is 0.0996. The van der Waals surface area contributed by atoms with Crippen LogP contribution in [0.2, 0.25) is 0 Å². The van der Waals surface area contributed by atoms with E-state index < -0.39 is 0 Å². The molecule has 4 heteroatoms. The van der Waals surface area contributed by atoms with Crippen LogP contribution in [0.1, 0.15) is 31.7 Å². The lowest BCUT2D eigenvalue weighted by Gasteiger charge is -2.29. The average Bonchev–Trinajstić information content (AvgIpc) is 2.39. The van der Waals surface area contributed by atoms with Gasteiger partial charge in [0.25, 0.3) is 0 Å². The smallest absolute Gasteiger partial charge is 0.123 e. The van der Waals surface area contributed by atoms with Gasteiger partial charge in [-0.2, -0.15) is 0 Å². The number of piperidine rings is 1. The van der Waals surface area contributed by atoms with Crippen molar-refractivity contribution in [1.29, 1.82) is 0 Å². The van der Waals surface area contributed by atoms with Crippen LogP contribution >= 0.6 is 0 Å². The minimum atomic E-state index is 0.0996. The molecule has 1 aliphatic heterocycles. The van der Waals surface area contributed by atoms with E-state index in [9.17, 15) is 10.2 Å². The first-order chi connectivity index (χ1) is 9.15. The third-order valence-electron chi connectivity index (χ3n) is 3.69. The fourth-order valence-corrected chi connectivity index (χ4v) is 2.58. The summed E-state index contributed by atoms with van der Waals surface area (Å²) in [6.07, 6.45) is 3.98. The Morgan fingerprint density at radius 1 is 1.21 bits per heavy atom. The first-order valence-electron chi connectivity index (χ1n) is 7.12. The quantitative estimate of drug-likeness (QED) is 0.762. The van der Waals surface area contributed by atoms with Gasteiger partial charge in [0, 0.05) is 30.8 Å². The van der Waals surface area contributed by atoms with Crippen molar-refractivity contribution < 1.29 is 10.2 Å². The van der Waals surface area contributed by atoms with Crippen molar-refractivity contribution in [2.75, 3.05) is 19.6 Å². The van der Waals surface area contributed by atoms with Crippen LogP contribution in [0.5, 0.6) is 11.5 Å². The molecule has 1 aromatic carbocycles. The highest BCUT2D eigenvalue weighted by Crippen LogP contribution is 2.22. The summed E-state index contributed by atoms with van der Waals surface area (Å²) in [4.78, 5) is 2.50. The van der Waals surface area contributed by atoms with Crippen LogP contribution in [-0.2, 0) is 6.54 Å². The monoisotopic (exact) mass is 264 g/mol. The van der Waals surface area contributed by atoms with Gasteiger partial charge in [-0.1, -0.05) is 12.5 Å². The summed E-state index contributed by atoms with van der Waals surface area (Å²) < 4.78 is 0. The highest BCUT2D eigenvalue weighted by atomic mass is 16.3. The zero-order chi connectivity index (χ0) is 13.7. The molecule has 0 amide bonds. The summed E-state index contributed by atoms with van der Waals surface area (Å²) in [5.41, 5.74) is 0.822. The third kappa shape index (κ3) is 4.40. The Hall–Kier alpha value is -1.26. The molecule has 0 radical (unpaired) electrons. The molecule has 1 atom stereocenters. The van der Waals surface area contributed by atoms with Crippen molar-refractivity contribution in [2.24, 2.45) is 0 Å². The van der Waals surface area contributed by atoms with Crippen molar-refractivity contribution in [2.45, 2.75) is 38.8 Å². The van der Waals surface area contributed by atoms with Gasteiger partial charge >= 0.3 is 0 Å². The van der Waals surface area contributed by atoms with Crippen LogP contribution in [0.25, 0.3) is 0 Å². The van der Waals surface area contributed by atoms with Crippen molar-refractivity contribution in [3.63, 3.8) is 0 Å². The zero-order valence-corrected chi connectivity index (χ0v) is 11.6. The van der Waals surface area contributed by atoms with E-state index in [1.807, 2.05) is 0 Å². The molecule has 0 spiro atoms. The van der Waals surface area contributed by atoms with Crippen LogP contribution in [-0.4, -0.2) is 40.8 Å². The lowest BCUT2D eigenvalue weighted by atomic mass is 10.1. The molecule has 1 aliphatic rings. The maximum absolute atomic E-state index is 9.72. The zero-order valence-electron chi connectivity index (χ0n) is 11.6. The van der Waals surface area contributed by atoms with Gasteiger partial charge in [0.2, 0.25) is 0 Å². The molecule has 3 N–H and O–H groups in total. The first-order valence-corrected chi connectivity index (χ1v) is 7.12. The standard InChI is InChI=1S/C15H24N2O2/c1-12(11-17-7-3-2-4-8-17)16-10-13-5-6-14(18)9-15(13)19/h5-6,9,12,16,18-19H,2-4,7-8,10-11H2,1H3. The summed E-state index contributed by atoms with van der Waals surface area (Å²) in [5.74, 6) is 0.250. The second kappa shape index (κ2) is 6.78. The van der Waals surface area contributed by atoms with E-state index in [0.29, 0.717) is 12.6 Å². The first kappa shape index (κ1) is 14.2. The van der Waals surface area contributed by atoms with E-state index in [-0.39, 0.29) is 11.5 Å². The molecule has 19 heavy (non-hydrogen) atoms. The molecule has 0 aliphatic carbocycles. The molecule has 1 saturated heterocycles. The highest BCUT2D eigenvalue weighted by molar-refractivity contribution is 5.38. The maximum Gasteiger partial charge on any atom is 0.123 e. The number of phenolic OH excluding ortho intramolecular Hbond substituents is 2. The predicted molar refractivity (Wildman–Crippen MR) is 76.4 cm³/mol.